The molecule has 0 aliphatic carbocycles. The number of nitrogens with zero attached hydrogens (tertiary/aromatic N) is 1. The maximum Gasteiger partial charge on any atom is 2.00 e. The molecule has 1 aromatic carbocycles. The van der Waals surface area contributed by atoms with Gasteiger partial charge < -0.3 is 28.9 Å². The standard InChI is InChI=1S/C12H16N.HI.Zn/c1-3-7-12(8-4-1)11-13-9-5-2-6-10-13;;/h3-4,7-8H,2,5-6,9-11H2;1H;/q-1;;+2/p-1. The van der Waals surface area contributed by atoms with Crippen molar-refractivity contribution in [1.82, 2.24) is 4.90 Å². The monoisotopic (exact) mass is 365 g/mol. The van der Waals surface area contributed by atoms with Crippen molar-refractivity contribution in [2.75, 3.05) is 13.1 Å². The normalized spacial score (nSPS) is 16.3. The Bertz CT molecular complexity index is 247. The summed E-state index contributed by atoms with van der Waals surface area (Å²) >= 11 is 0. The van der Waals surface area contributed by atoms with E-state index in [2.05, 4.69) is 23.1 Å². The van der Waals surface area contributed by atoms with Gasteiger partial charge in [0.05, 0.1) is 0 Å². The van der Waals surface area contributed by atoms with E-state index in [4.69, 9.17) is 0 Å². The third kappa shape index (κ3) is 5.41. The van der Waals surface area contributed by atoms with E-state index in [0.29, 0.717) is 0 Å². The summed E-state index contributed by atoms with van der Waals surface area (Å²) in [5.74, 6) is 0. The summed E-state index contributed by atoms with van der Waals surface area (Å²) in [6, 6.07) is 11.4. The summed E-state index contributed by atoms with van der Waals surface area (Å²) < 4.78 is 0. The molecule has 15 heavy (non-hydrogen) atoms. The number of hydrogen-bond donors (Lipinski definition) is 0. The summed E-state index contributed by atoms with van der Waals surface area (Å²) in [4.78, 5) is 2.54. The fourth-order valence-electron chi connectivity index (χ4n) is 1.90. The first-order valence-electron chi connectivity index (χ1n) is 5.12. The molecule has 0 aromatic heterocycles. The van der Waals surface area contributed by atoms with Crippen LogP contribution in [-0.2, 0) is 26.0 Å². The van der Waals surface area contributed by atoms with Gasteiger partial charge in [0, 0.05) is 6.54 Å². The van der Waals surface area contributed by atoms with Crippen LogP contribution in [0.25, 0.3) is 0 Å². The van der Waals surface area contributed by atoms with Crippen molar-refractivity contribution >= 4 is 0 Å². The Hall–Kier alpha value is 0.533. The molecule has 1 aromatic rings. The predicted octanol–water partition coefficient (Wildman–Crippen LogP) is -0.526. The van der Waals surface area contributed by atoms with E-state index in [-0.39, 0.29) is 43.5 Å². The molecule has 0 amide bonds. The van der Waals surface area contributed by atoms with Crippen LogP contribution in [0.2, 0.25) is 0 Å². The average molecular weight is 367 g/mol. The van der Waals surface area contributed by atoms with Crippen molar-refractivity contribution in [2.24, 2.45) is 0 Å². The van der Waals surface area contributed by atoms with Crippen molar-refractivity contribution in [3.63, 3.8) is 0 Å². The molecule has 0 N–H and O–H groups in total. The molecule has 2 rings (SSSR count). The Balaban J connectivity index is 0.000000980. The minimum atomic E-state index is 0. The van der Waals surface area contributed by atoms with E-state index in [9.17, 15) is 0 Å². The average Bonchev–Trinajstić information content (AvgIpc) is 2.21. The first-order valence-corrected chi connectivity index (χ1v) is 5.12. The molecule has 3 heteroatoms. The molecule has 0 radical (unpaired) electrons. The SMILES string of the molecule is [I-].[Zn+2].[c-]1ccc(CN2CCCCC2)cc1. The smallest absolute Gasteiger partial charge is 1.00 e. The third-order valence-corrected chi connectivity index (χ3v) is 2.64. The molecule has 0 bridgehead atoms. The molecule has 1 nitrogen and oxygen atoms in total. The summed E-state index contributed by atoms with van der Waals surface area (Å²) in [5.41, 5.74) is 1.42. The summed E-state index contributed by atoms with van der Waals surface area (Å²) in [5, 5.41) is 0. The van der Waals surface area contributed by atoms with E-state index in [1.807, 2.05) is 12.1 Å². The second-order valence-electron chi connectivity index (χ2n) is 3.75. The van der Waals surface area contributed by atoms with E-state index in [0.717, 1.165) is 6.54 Å². The van der Waals surface area contributed by atoms with Crippen LogP contribution >= 0.6 is 0 Å². The summed E-state index contributed by atoms with van der Waals surface area (Å²) in [6.07, 6.45) is 4.16. The number of halogens is 1. The van der Waals surface area contributed by atoms with Crippen molar-refractivity contribution in [2.45, 2.75) is 25.8 Å². The van der Waals surface area contributed by atoms with Gasteiger partial charge in [-0.2, -0.15) is 30.3 Å². The van der Waals surface area contributed by atoms with E-state index >= 15 is 0 Å². The second-order valence-corrected chi connectivity index (χ2v) is 3.75. The van der Waals surface area contributed by atoms with Gasteiger partial charge in [0.1, 0.15) is 0 Å². The van der Waals surface area contributed by atoms with Crippen LogP contribution in [0.3, 0.4) is 0 Å². The minimum Gasteiger partial charge on any atom is -1.00 e. The van der Waals surface area contributed by atoms with E-state index in [1.54, 1.807) is 0 Å². The molecule has 78 valence electrons. The van der Waals surface area contributed by atoms with Gasteiger partial charge in [-0.05, 0) is 25.9 Å². The Morgan fingerprint density at radius 2 is 1.67 bits per heavy atom. The summed E-state index contributed by atoms with van der Waals surface area (Å²) in [6.45, 7) is 3.67. The quantitative estimate of drug-likeness (QED) is 0.387. The molecular formula is C12H16INZn. The first-order chi connectivity index (χ1) is 6.45. The van der Waals surface area contributed by atoms with Gasteiger partial charge in [-0.15, -0.1) is 5.56 Å². The maximum atomic E-state index is 3.05. The second kappa shape index (κ2) is 8.66. The van der Waals surface area contributed by atoms with Crippen molar-refractivity contribution in [3.8, 4) is 0 Å². The van der Waals surface area contributed by atoms with Crippen molar-refractivity contribution in [1.29, 1.82) is 0 Å². The molecule has 0 spiro atoms. The van der Waals surface area contributed by atoms with Gasteiger partial charge >= 0.3 is 19.5 Å². The zero-order chi connectivity index (χ0) is 8.93. The van der Waals surface area contributed by atoms with Gasteiger partial charge in [-0.3, -0.25) is 0 Å². The molecule has 1 fully saturated rings. The molecule has 0 saturated carbocycles. The van der Waals surface area contributed by atoms with Gasteiger partial charge in [0.2, 0.25) is 0 Å². The van der Waals surface area contributed by atoms with Crippen LogP contribution in [-0.4, -0.2) is 18.0 Å². The predicted molar refractivity (Wildman–Crippen MR) is 54.4 cm³/mol. The van der Waals surface area contributed by atoms with Gasteiger partial charge in [0.15, 0.2) is 0 Å². The van der Waals surface area contributed by atoms with Crippen molar-refractivity contribution < 1.29 is 43.5 Å². The van der Waals surface area contributed by atoms with Gasteiger partial charge in [-0.1, -0.05) is 6.42 Å². The molecule has 1 aliphatic heterocycles. The fraction of sp³-hybridized carbons (Fsp3) is 0.500. The minimum absolute atomic E-state index is 0. The number of piperidine rings is 1. The Morgan fingerprint density at radius 3 is 2.27 bits per heavy atom. The van der Waals surface area contributed by atoms with E-state index in [1.165, 1.54) is 37.9 Å². The van der Waals surface area contributed by atoms with Gasteiger partial charge in [-0.25, -0.2) is 0 Å². The van der Waals surface area contributed by atoms with Crippen LogP contribution in [0, 0.1) is 6.07 Å². The van der Waals surface area contributed by atoms with Crippen LogP contribution in [0.4, 0.5) is 0 Å². The first kappa shape index (κ1) is 15.5. The molecule has 1 aliphatic rings. The third-order valence-electron chi connectivity index (χ3n) is 2.64. The number of likely N-dealkylation sites (tertiary alicyclic amines) is 1. The maximum absolute atomic E-state index is 3.05. The Labute approximate surface area is 122 Å². The van der Waals surface area contributed by atoms with Gasteiger partial charge in [0.25, 0.3) is 0 Å². The topological polar surface area (TPSA) is 3.24 Å². The number of benzene rings is 1. The molecular weight excluding hydrogens is 350 g/mol. The van der Waals surface area contributed by atoms with E-state index < -0.39 is 0 Å². The van der Waals surface area contributed by atoms with Crippen molar-refractivity contribution in [3.05, 3.63) is 35.9 Å². The zero-order valence-corrected chi connectivity index (χ0v) is 14.2. The molecule has 0 unspecified atom stereocenters. The molecule has 0 atom stereocenters. The van der Waals surface area contributed by atoms with Crippen LogP contribution in [0.15, 0.2) is 24.3 Å². The zero-order valence-electron chi connectivity index (χ0n) is 9.08. The number of hydrogen-bond acceptors (Lipinski definition) is 1. The summed E-state index contributed by atoms with van der Waals surface area (Å²) in [7, 11) is 0. The fourth-order valence-corrected chi connectivity index (χ4v) is 1.90. The number of rotatable bonds is 2. The van der Waals surface area contributed by atoms with Crippen LogP contribution in [0.5, 0.6) is 0 Å². The largest absolute Gasteiger partial charge is 2.00 e. The molecule has 1 heterocycles. The molecule has 1 saturated heterocycles. The van der Waals surface area contributed by atoms with Crippen LogP contribution < -0.4 is 24.0 Å². The Morgan fingerprint density at radius 1 is 1.07 bits per heavy atom. The Kier molecular flexibility index (Phi) is 8.97. The van der Waals surface area contributed by atoms with Crippen LogP contribution in [0.1, 0.15) is 24.8 Å².